The van der Waals surface area contributed by atoms with Crippen molar-refractivity contribution in [2.45, 2.75) is 32.6 Å². The van der Waals surface area contributed by atoms with Gasteiger partial charge in [-0.1, -0.05) is 13.3 Å². The Morgan fingerprint density at radius 1 is 1.18 bits per heavy atom. The van der Waals surface area contributed by atoms with Crippen LogP contribution in [-0.4, -0.2) is 35.5 Å². The minimum Gasteiger partial charge on any atom is -0.484 e. The van der Waals surface area contributed by atoms with Crippen LogP contribution >= 0.6 is 12.4 Å². The molecule has 0 radical (unpaired) electrons. The average Bonchev–Trinajstić information content (AvgIpc) is 3.17. The van der Waals surface area contributed by atoms with Gasteiger partial charge in [-0.25, -0.2) is 8.78 Å². The van der Waals surface area contributed by atoms with Crippen LogP contribution < -0.4 is 10.5 Å². The highest BCUT2D eigenvalue weighted by Gasteiger charge is 2.23. The predicted molar refractivity (Wildman–Crippen MR) is 129 cm³/mol. The molecule has 0 saturated carbocycles. The van der Waals surface area contributed by atoms with Gasteiger partial charge in [0, 0.05) is 35.8 Å². The van der Waals surface area contributed by atoms with Crippen LogP contribution in [-0.2, 0) is 6.42 Å². The van der Waals surface area contributed by atoms with Crippen molar-refractivity contribution in [2.24, 2.45) is 5.73 Å². The summed E-state index contributed by atoms with van der Waals surface area (Å²) in [5, 5.41) is 0.904. The molecule has 1 amide bonds. The smallest absolute Gasteiger partial charge is 0.249 e. The van der Waals surface area contributed by atoms with E-state index in [1.807, 2.05) is 12.3 Å². The van der Waals surface area contributed by atoms with E-state index in [4.69, 9.17) is 10.5 Å². The number of rotatable bonds is 9. The molecule has 0 unspecified atom stereocenters. The molecule has 8 heteroatoms. The molecule has 1 aliphatic rings. The van der Waals surface area contributed by atoms with Crippen LogP contribution in [0.3, 0.4) is 0 Å². The zero-order valence-electron chi connectivity index (χ0n) is 18.5. The minimum absolute atomic E-state index is 0. The number of H-pyrrole nitrogens is 1. The van der Waals surface area contributed by atoms with Gasteiger partial charge in [-0.3, -0.25) is 4.79 Å². The molecule has 1 aromatic heterocycles. The van der Waals surface area contributed by atoms with Gasteiger partial charge in [-0.2, -0.15) is 0 Å². The summed E-state index contributed by atoms with van der Waals surface area (Å²) < 4.78 is 33.6. The van der Waals surface area contributed by atoms with Crippen molar-refractivity contribution in [3.8, 4) is 5.75 Å². The quantitative estimate of drug-likeness (QED) is 0.433. The first-order chi connectivity index (χ1) is 15.5. The molecule has 2 heterocycles. The van der Waals surface area contributed by atoms with Crippen LogP contribution in [0.15, 0.2) is 42.2 Å². The lowest BCUT2D eigenvalue weighted by Crippen LogP contribution is -2.31. The number of aromatic nitrogens is 1. The lowest BCUT2D eigenvalue weighted by Gasteiger charge is -2.31. The Balaban J connectivity index is 0.00000306. The number of nitrogens with two attached hydrogens (primary N) is 1. The largest absolute Gasteiger partial charge is 0.484 e. The summed E-state index contributed by atoms with van der Waals surface area (Å²) in [7, 11) is 0. The summed E-state index contributed by atoms with van der Waals surface area (Å²) in [6.07, 6.45) is 7.42. The highest BCUT2D eigenvalue weighted by atomic mass is 35.5. The summed E-state index contributed by atoms with van der Waals surface area (Å²) in [5.74, 6) is -1.30. The Morgan fingerprint density at radius 2 is 1.97 bits per heavy atom. The van der Waals surface area contributed by atoms with Crippen molar-refractivity contribution in [1.29, 1.82) is 0 Å². The Morgan fingerprint density at radius 3 is 2.73 bits per heavy atom. The highest BCUT2D eigenvalue weighted by Crippen LogP contribution is 2.33. The van der Waals surface area contributed by atoms with Crippen LogP contribution in [0, 0.1) is 11.6 Å². The number of carbonyl (C=O) groups is 1. The molecule has 0 atom stereocenters. The molecule has 3 N–H and O–H groups in total. The third-order valence-electron chi connectivity index (χ3n) is 5.88. The maximum atomic E-state index is 14.2. The van der Waals surface area contributed by atoms with Crippen LogP contribution in [0.5, 0.6) is 5.75 Å². The van der Waals surface area contributed by atoms with Crippen molar-refractivity contribution in [1.82, 2.24) is 9.88 Å². The van der Waals surface area contributed by atoms with Gasteiger partial charge in [-0.15, -0.1) is 12.4 Å². The van der Waals surface area contributed by atoms with Crippen LogP contribution in [0.1, 0.15) is 47.7 Å². The Labute approximate surface area is 198 Å². The molecule has 4 rings (SSSR count). The van der Waals surface area contributed by atoms with Crippen molar-refractivity contribution in [3.05, 3.63) is 70.6 Å². The number of carbonyl (C=O) groups excluding carboxylic acids is 1. The normalized spacial score (nSPS) is 12.5. The fraction of sp³-hybridized carbons (Fsp3) is 0.320. The van der Waals surface area contributed by atoms with E-state index in [1.165, 1.54) is 18.2 Å². The molecule has 3 aromatic rings. The first-order valence-corrected chi connectivity index (χ1v) is 10.9. The van der Waals surface area contributed by atoms with Gasteiger partial charge in [0.05, 0.1) is 11.3 Å². The average molecular weight is 476 g/mol. The van der Waals surface area contributed by atoms with Gasteiger partial charge in [-0.05, 0) is 61.2 Å². The number of benzene rings is 2. The Bertz CT molecular complexity index is 1180. The predicted octanol–water partition coefficient (Wildman–Crippen LogP) is 5.44. The number of primary amides is 1. The summed E-state index contributed by atoms with van der Waals surface area (Å²) in [5.41, 5.74) is 9.02. The number of aromatic amines is 1. The van der Waals surface area contributed by atoms with Gasteiger partial charge in [0.1, 0.15) is 12.4 Å². The molecular weight excluding hydrogens is 448 g/mol. The van der Waals surface area contributed by atoms with E-state index in [9.17, 15) is 13.6 Å². The SMILES string of the molecule is CCCCN(CCCc1c[nH]c2ccc(F)cc12)C1=Cc2c(C(N)=O)ccc(F)c2OC1.Cl. The van der Waals surface area contributed by atoms with E-state index >= 15 is 0 Å². The van der Waals surface area contributed by atoms with Gasteiger partial charge < -0.3 is 20.4 Å². The summed E-state index contributed by atoms with van der Waals surface area (Å²) in [4.78, 5) is 17.3. The zero-order valence-corrected chi connectivity index (χ0v) is 19.3. The molecule has 0 saturated heterocycles. The Kier molecular flexibility index (Phi) is 7.97. The van der Waals surface area contributed by atoms with Crippen molar-refractivity contribution >= 4 is 35.3 Å². The topological polar surface area (TPSA) is 71.3 Å². The molecule has 2 aromatic carbocycles. The number of unbranched alkanes of at least 4 members (excludes halogenated alkanes) is 1. The molecule has 0 aliphatic carbocycles. The number of nitrogens with one attached hydrogen (secondary N) is 1. The number of ether oxygens (including phenoxy) is 1. The fourth-order valence-electron chi connectivity index (χ4n) is 4.18. The standard InChI is InChI=1S/C25H27F2N3O2.ClH/c1-2-3-10-30(11-4-5-16-14-29-23-9-6-17(26)12-20(16)23)18-13-21-19(25(28)31)7-8-22(27)24(21)32-15-18;/h6-9,12-14,29H,2-5,10-11,15H2,1H3,(H2,28,31);1H. The number of fused-ring (bicyclic) bond motifs is 2. The highest BCUT2D eigenvalue weighted by molar-refractivity contribution is 5.98. The van der Waals surface area contributed by atoms with E-state index in [1.54, 1.807) is 12.1 Å². The van der Waals surface area contributed by atoms with Crippen molar-refractivity contribution in [2.75, 3.05) is 19.7 Å². The number of nitrogens with zero attached hydrogens (tertiary/aromatic N) is 1. The molecule has 33 heavy (non-hydrogen) atoms. The van der Waals surface area contributed by atoms with E-state index in [2.05, 4.69) is 16.8 Å². The second kappa shape index (κ2) is 10.7. The second-order valence-electron chi connectivity index (χ2n) is 8.07. The molecule has 5 nitrogen and oxygen atoms in total. The third kappa shape index (κ3) is 5.30. The summed E-state index contributed by atoms with van der Waals surface area (Å²) >= 11 is 0. The van der Waals surface area contributed by atoms with E-state index in [0.717, 1.165) is 60.9 Å². The number of amides is 1. The molecule has 0 spiro atoms. The van der Waals surface area contributed by atoms with Gasteiger partial charge in [0.2, 0.25) is 5.91 Å². The first kappa shape index (κ1) is 24.6. The maximum Gasteiger partial charge on any atom is 0.249 e. The lowest BCUT2D eigenvalue weighted by molar-refractivity contribution is 0.0999. The number of hydrogen-bond acceptors (Lipinski definition) is 3. The van der Waals surface area contributed by atoms with Crippen LogP contribution in [0.25, 0.3) is 17.0 Å². The molecule has 0 bridgehead atoms. The minimum atomic E-state index is -0.617. The van der Waals surface area contributed by atoms with Crippen LogP contribution in [0.4, 0.5) is 8.78 Å². The van der Waals surface area contributed by atoms with E-state index in [0.29, 0.717) is 5.56 Å². The summed E-state index contributed by atoms with van der Waals surface area (Å²) in [6.45, 7) is 3.94. The zero-order chi connectivity index (χ0) is 22.7. The number of halogens is 3. The molecule has 0 fully saturated rings. The van der Waals surface area contributed by atoms with Crippen LogP contribution in [0.2, 0.25) is 0 Å². The first-order valence-electron chi connectivity index (χ1n) is 10.9. The van der Waals surface area contributed by atoms with Crippen molar-refractivity contribution in [3.63, 3.8) is 0 Å². The summed E-state index contributed by atoms with van der Waals surface area (Å²) in [6, 6.07) is 7.36. The number of aryl methyl sites for hydroxylation is 1. The van der Waals surface area contributed by atoms with Gasteiger partial charge in [0.15, 0.2) is 11.6 Å². The molecule has 176 valence electrons. The van der Waals surface area contributed by atoms with Gasteiger partial charge >= 0.3 is 0 Å². The maximum absolute atomic E-state index is 14.2. The van der Waals surface area contributed by atoms with E-state index in [-0.39, 0.29) is 36.1 Å². The molecular formula is C25H28ClF2N3O2. The lowest BCUT2D eigenvalue weighted by atomic mass is 10.0. The third-order valence-corrected chi connectivity index (χ3v) is 5.88. The van der Waals surface area contributed by atoms with E-state index < -0.39 is 11.7 Å². The fourth-order valence-corrected chi connectivity index (χ4v) is 4.18. The van der Waals surface area contributed by atoms with Crippen molar-refractivity contribution < 1.29 is 18.3 Å². The molecule has 1 aliphatic heterocycles. The Hall–Kier alpha value is -3.06. The monoisotopic (exact) mass is 475 g/mol. The number of hydrogen-bond donors (Lipinski definition) is 2. The van der Waals surface area contributed by atoms with Gasteiger partial charge in [0.25, 0.3) is 0 Å². The second-order valence-corrected chi connectivity index (χ2v) is 8.07.